The minimum Gasteiger partial charge on any atom is -0.478 e. The number of aliphatic hydroxyl groups excluding tert-OH is 1. The molecule has 2 rings (SSSR count). The van der Waals surface area contributed by atoms with Crippen LogP contribution in [0, 0.1) is 0 Å². The van der Waals surface area contributed by atoms with Gasteiger partial charge in [-0.15, -0.1) is 0 Å². The molecule has 4 N–H and O–H groups in total. The number of hydrogen-bond donors (Lipinski definition) is 3. The van der Waals surface area contributed by atoms with Gasteiger partial charge in [-0.1, -0.05) is 0 Å². The standard InChI is InChI=1S/C12H16N2O5S/c13-10-6-8(12(16)17)3-4-11(10)20(18,19)14-5-1-2-9(14)7-15/h3-4,6,9,15H,1-2,5,7,13H2,(H,16,17). The van der Waals surface area contributed by atoms with Gasteiger partial charge in [-0.3, -0.25) is 0 Å². The van der Waals surface area contributed by atoms with Crippen molar-refractivity contribution >= 4 is 21.7 Å². The van der Waals surface area contributed by atoms with Gasteiger partial charge in [0.05, 0.1) is 17.9 Å². The summed E-state index contributed by atoms with van der Waals surface area (Å²) in [4.78, 5) is 10.7. The van der Waals surface area contributed by atoms with Crippen LogP contribution in [0.1, 0.15) is 23.2 Å². The molecule has 1 atom stereocenters. The summed E-state index contributed by atoms with van der Waals surface area (Å²) in [6.07, 6.45) is 1.28. The summed E-state index contributed by atoms with van der Waals surface area (Å²) in [6, 6.07) is 3.08. The van der Waals surface area contributed by atoms with Crippen LogP contribution in [0.15, 0.2) is 23.1 Å². The molecule has 0 aromatic heterocycles. The van der Waals surface area contributed by atoms with E-state index in [4.69, 9.17) is 10.8 Å². The smallest absolute Gasteiger partial charge is 0.335 e. The Bertz CT molecular complexity index is 629. The zero-order valence-electron chi connectivity index (χ0n) is 10.7. The molecule has 0 bridgehead atoms. The number of nitrogens with zero attached hydrogens (tertiary/aromatic N) is 1. The average Bonchev–Trinajstić information content (AvgIpc) is 2.87. The van der Waals surface area contributed by atoms with Crippen LogP contribution < -0.4 is 5.73 Å². The number of nitrogens with two attached hydrogens (primary N) is 1. The van der Waals surface area contributed by atoms with Gasteiger partial charge in [-0.05, 0) is 31.0 Å². The van der Waals surface area contributed by atoms with Crippen LogP contribution in [0.3, 0.4) is 0 Å². The van der Waals surface area contributed by atoms with E-state index in [0.29, 0.717) is 19.4 Å². The Labute approximate surface area is 116 Å². The van der Waals surface area contributed by atoms with Crippen molar-refractivity contribution in [2.24, 2.45) is 0 Å². The average molecular weight is 300 g/mol. The number of sulfonamides is 1. The third-order valence-corrected chi connectivity index (χ3v) is 5.40. The Hall–Kier alpha value is -1.64. The highest BCUT2D eigenvalue weighted by Crippen LogP contribution is 2.29. The Balaban J connectivity index is 2.42. The van der Waals surface area contributed by atoms with Crippen molar-refractivity contribution in [3.8, 4) is 0 Å². The lowest BCUT2D eigenvalue weighted by Gasteiger charge is -2.23. The van der Waals surface area contributed by atoms with Crippen molar-refractivity contribution in [1.82, 2.24) is 4.31 Å². The number of carboxylic acids is 1. The number of hydrogen-bond acceptors (Lipinski definition) is 5. The molecule has 1 fully saturated rings. The molecule has 0 saturated carbocycles. The summed E-state index contributed by atoms with van der Waals surface area (Å²) in [6.45, 7) is 0.0834. The Kier molecular flexibility index (Phi) is 3.98. The molecule has 1 unspecified atom stereocenters. The lowest BCUT2D eigenvalue weighted by molar-refractivity contribution is 0.0697. The Morgan fingerprint density at radius 2 is 2.15 bits per heavy atom. The van der Waals surface area contributed by atoms with E-state index in [-0.39, 0.29) is 22.8 Å². The number of carboxylic acid groups (broad SMARTS) is 1. The molecule has 1 aliphatic heterocycles. The molecule has 7 nitrogen and oxygen atoms in total. The molecular weight excluding hydrogens is 284 g/mol. The summed E-state index contributed by atoms with van der Waals surface area (Å²) in [5, 5.41) is 18.1. The summed E-state index contributed by atoms with van der Waals surface area (Å²) < 4.78 is 26.2. The second kappa shape index (κ2) is 5.39. The third kappa shape index (κ3) is 2.49. The molecular formula is C12H16N2O5S. The van der Waals surface area contributed by atoms with Gasteiger partial charge in [0.15, 0.2) is 0 Å². The predicted molar refractivity (Wildman–Crippen MR) is 71.8 cm³/mol. The Morgan fingerprint density at radius 3 is 2.70 bits per heavy atom. The van der Waals surface area contributed by atoms with E-state index in [1.54, 1.807) is 0 Å². The van der Waals surface area contributed by atoms with Crippen LogP contribution >= 0.6 is 0 Å². The van der Waals surface area contributed by atoms with Gasteiger partial charge in [-0.25, -0.2) is 13.2 Å². The van der Waals surface area contributed by atoms with Crippen molar-refractivity contribution in [3.05, 3.63) is 23.8 Å². The number of rotatable bonds is 4. The van der Waals surface area contributed by atoms with Gasteiger partial charge in [0.2, 0.25) is 10.0 Å². The lowest BCUT2D eigenvalue weighted by Crippen LogP contribution is -2.37. The van der Waals surface area contributed by atoms with Crippen molar-refractivity contribution in [3.63, 3.8) is 0 Å². The first kappa shape index (κ1) is 14.8. The van der Waals surface area contributed by atoms with Crippen LogP contribution in [0.2, 0.25) is 0 Å². The van der Waals surface area contributed by atoms with E-state index in [2.05, 4.69) is 0 Å². The Morgan fingerprint density at radius 1 is 1.45 bits per heavy atom. The first-order valence-electron chi connectivity index (χ1n) is 6.13. The second-order valence-electron chi connectivity index (χ2n) is 4.65. The third-order valence-electron chi connectivity index (χ3n) is 3.38. The molecule has 0 spiro atoms. The van der Waals surface area contributed by atoms with Crippen LogP contribution in [0.4, 0.5) is 5.69 Å². The number of anilines is 1. The molecule has 0 amide bonds. The largest absolute Gasteiger partial charge is 0.478 e. The molecule has 1 saturated heterocycles. The monoisotopic (exact) mass is 300 g/mol. The summed E-state index contributed by atoms with van der Waals surface area (Å²) in [7, 11) is -3.82. The van der Waals surface area contributed by atoms with Gasteiger partial charge < -0.3 is 15.9 Å². The highest BCUT2D eigenvalue weighted by Gasteiger charge is 2.35. The van der Waals surface area contributed by atoms with Crippen LogP contribution in [0.25, 0.3) is 0 Å². The van der Waals surface area contributed by atoms with E-state index in [0.717, 1.165) is 6.07 Å². The summed E-state index contributed by atoms with van der Waals surface area (Å²) in [5.74, 6) is -1.17. The fraction of sp³-hybridized carbons (Fsp3) is 0.417. The molecule has 1 heterocycles. The van der Waals surface area contributed by atoms with Crippen molar-refractivity contribution in [1.29, 1.82) is 0 Å². The normalized spacial score (nSPS) is 20.1. The fourth-order valence-electron chi connectivity index (χ4n) is 2.35. The number of benzene rings is 1. The van der Waals surface area contributed by atoms with Gasteiger partial charge in [0.1, 0.15) is 4.90 Å². The van der Waals surface area contributed by atoms with E-state index >= 15 is 0 Å². The quantitative estimate of drug-likeness (QED) is 0.679. The van der Waals surface area contributed by atoms with Crippen LogP contribution in [-0.4, -0.2) is 48.1 Å². The van der Waals surface area contributed by atoms with Crippen molar-refractivity contribution in [2.45, 2.75) is 23.8 Å². The molecule has 1 aliphatic rings. The minimum absolute atomic E-state index is 0.0680. The molecule has 1 aromatic rings. The van der Waals surface area contributed by atoms with E-state index in [1.807, 2.05) is 0 Å². The molecule has 1 aromatic carbocycles. The number of aliphatic hydroxyl groups is 1. The maximum Gasteiger partial charge on any atom is 0.335 e. The van der Waals surface area contributed by atoms with Gasteiger partial charge >= 0.3 is 5.97 Å². The van der Waals surface area contributed by atoms with Gasteiger partial charge in [0.25, 0.3) is 0 Å². The SMILES string of the molecule is Nc1cc(C(=O)O)ccc1S(=O)(=O)N1CCCC1CO. The second-order valence-corrected chi connectivity index (χ2v) is 6.51. The molecule has 110 valence electrons. The zero-order valence-corrected chi connectivity index (χ0v) is 11.5. The fourth-order valence-corrected chi connectivity index (χ4v) is 4.13. The molecule has 20 heavy (non-hydrogen) atoms. The van der Waals surface area contributed by atoms with E-state index in [1.165, 1.54) is 16.4 Å². The summed E-state index contributed by atoms with van der Waals surface area (Å²) >= 11 is 0. The van der Waals surface area contributed by atoms with E-state index in [9.17, 15) is 18.3 Å². The first-order chi connectivity index (χ1) is 9.37. The maximum absolute atomic E-state index is 12.5. The topological polar surface area (TPSA) is 121 Å². The highest BCUT2D eigenvalue weighted by molar-refractivity contribution is 7.89. The number of aromatic carboxylic acids is 1. The van der Waals surface area contributed by atoms with Crippen molar-refractivity contribution in [2.75, 3.05) is 18.9 Å². The highest BCUT2D eigenvalue weighted by atomic mass is 32.2. The molecule has 0 radical (unpaired) electrons. The zero-order chi connectivity index (χ0) is 14.9. The lowest BCUT2D eigenvalue weighted by atomic mass is 10.2. The molecule has 8 heteroatoms. The van der Waals surface area contributed by atoms with Crippen LogP contribution in [0.5, 0.6) is 0 Å². The number of carbonyl (C=O) groups is 1. The van der Waals surface area contributed by atoms with Gasteiger partial charge in [0, 0.05) is 12.6 Å². The number of nitrogen functional groups attached to an aromatic ring is 1. The minimum atomic E-state index is -3.82. The van der Waals surface area contributed by atoms with E-state index < -0.39 is 22.0 Å². The maximum atomic E-state index is 12.5. The van der Waals surface area contributed by atoms with Crippen molar-refractivity contribution < 1.29 is 23.4 Å². The predicted octanol–water partition coefficient (Wildman–Crippen LogP) is 0.112. The summed E-state index contributed by atoms with van der Waals surface area (Å²) in [5.41, 5.74) is 5.50. The first-order valence-corrected chi connectivity index (χ1v) is 7.57. The van der Waals surface area contributed by atoms with Gasteiger partial charge in [-0.2, -0.15) is 4.31 Å². The van der Waals surface area contributed by atoms with Crippen LogP contribution in [-0.2, 0) is 10.0 Å². The molecule has 0 aliphatic carbocycles.